The second kappa shape index (κ2) is 5.50. The van der Waals surface area contributed by atoms with Gasteiger partial charge in [0.1, 0.15) is 0 Å². The molecule has 0 saturated heterocycles. The standard InChI is InChI=1S/C16H13ClN4/c17-14-4-2-1-3-13(14)10-21-8-7-11-9-12(16(18)20-19)5-6-15(11)21/h1-9,18-19H,10H2. The normalized spacial score (nSPS) is 10.7. The van der Waals surface area contributed by atoms with Crippen molar-refractivity contribution in [2.24, 2.45) is 5.11 Å². The SMILES string of the molecule is N=NC(=N)c1ccc2c(ccn2Cc2ccccc2Cl)c1. The first-order chi connectivity index (χ1) is 10.2. The van der Waals surface area contributed by atoms with Gasteiger partial charge in [-0.1, -0.05) is 29.8 Å². The van der Waals surface area contributed by atoms with E-state index in [1.54, 1.807) is 0 Å². The summed E-state index contributed by atoms with van der Waals surface area (Å²) < 4.78 is 2.11. The lowest BCUT2D eigenvalue weighted by Crippen LogP contribution is -1.99. The molecular formula is C16H13ClN4. The van der Waals surface area contributed by atoms with Gasteiger partial charge < -0.3 is 4.57 Å². The van der Waals surface area contributed by atoms with E-state index in [1.807, 2.05) is 54.7 Å². The maximum absolute atomic E-state index is 7.59. The number of hydrogen-bond donors (Lipinski definition) is 2. The second-order valence-electron chi connectivity index (χ2n) is 4.77. The fourth-order valence-electron chi connectivity index (χ4n) is 2.36. The number of rotatable bonds is 3. The van der Waals surface area contributed by atoms with Gasteiger partial charge in [-0.15, -0.1) is 5.11 Å². The highest BCUT2D eigenvalue weighted by atomic mass is 35.5. The van der Waals surface area contributed by atoms with Crippen LogP contribution in [0.1, 0.15) is 11.1 Å². The zero-order valence-corrected chi connectivity index (χ0v) is 11.9. The summed E-state index contributed by atoms with van der Waals surface area (Å²) >= 11 is 6.20. The Morgan fingerprint density at radius 2 is 1.95 bits per heavy atom. The van der Waals surface area contributed by atoms with Crippen LogP contribution < -0.4 is 0 Å². The molecule has 0 aliphatic heterocycles. The molecule has 1 aromatic heterocycles. The maximum atomic E-state index is 7.59. The molecule has 4 nitrogen and oxygen atoms in total. The molecule has 0 atom stereocenters. The summed E-state index contributed by atoms with van der Waals surface area (Å²) in [5, 5.41) is 12.5. The lowest BCUT2D eigenvalue weighted by molar-refractivity contribution is 0.837. The molecule has 5 heteroatoms. The Balaban J connectivity index is 1.99. The van der Waals surface area contributed by atoms with E-state index in [0.29, 0.717) is 12.1 Å². The predicted molar refractivity (Wildman–Crippen MR) is 84.5 cm³/mol. The number of benzene rings is 2. The number of hydrogen-bond acceptors (Lipinski definition) is 2. The van der Waals surface area contributed by atoms with Crippen LogP contribution in [0, 0.1) is 10.9 Å². The van der Waals surface area contributed by atoms with Gasteiger partial charge in [-0.25, -0.2) is 5.53 Å². The van der Waals surface area contributed by atoms with Crippen molar-refractivity contribution < 1.29 is 0 Å². The van der Waals surface area contributed by atoms with Crippen LogP contribution in [-0.4, -0.2) is 10.4 Å². The van der Waals surface area contributed by atoms with E-state index in [2.05, 4.69) is 9.68 Å². The van der Waals surface area contributed by atoms with Crippen LogP contribution in [-0.2, 0) is 6.54 Å². The first kappa shape index (κ1) is 13.5. The average Bonchev–Trinajstić information content (AvgIpc) is 2.91. The molecule has 0 bridgehead atoms. The Labute approximate surface area is 127 Å². The first-order valence-electron chi connectivity index (χ1n) is 6.48. The van der Waals surface area contributed by atoms with E-state index in [1.165, 1.54) is 0 Å². The van der Waals surface area contributed by atoms with E-state index in [9.17, 15) is 0 Å². The minimum atomic E-state index is -0.0317. The lowest BCUT2D eigenvalue weighted by Gasteiger charge is -2.08. The van der Waals surface area contributed by atoms with Crippen molar-refractivity contribution >= 4 is 28.3 Å². The summed E-state index contributed by atoms with van der Waals surface area (Å²) in [6.45, 7) is 0.697. The third-order valence-corrected chi connectivity index (χ3v) is 3.82. The fourth-order valence-corrected chi connectivity index (χ4v) is 2.56. The van der Waals surface area contributed by atoms with E-state index in [0.717, 1.165) is 21.5 Å². The summed E-state index contributed by atoms with van der Waals surface area (Å²) in [6, 6.07) is 15.4. The molecule has 0 unspecified atom stereocenters. The van der Waals surface area contributed by atoms with Gasteiger partial charge in [-0.05, 0) is 35.9 Å². The van der Waals surface area contributed by atoms with Gasteiger partial charge in [-0.2, -0.15) is 0 Å². The van der Waals surface area contributed by atoms with Crippen LogP contribution in [0.15, 0.2) is 59.8 Å². The monoisotopic (exact) mass is 296 g/mol. The summed E-state index contributed by atoms with van der Waals surface area (Å²) in [6.07, 6.45) is 2.00. The minimum absolute atomic E-state index is 0.0317. The maximum Gasteiger partial charge on any atom is 0.173 e. The first-order valence-corrected chi connectivity index (χ1v) is 6.85. The smallest absolute Gasteiger partial charge is 0.173 e. The van der Waals surface area contributed by atoms with E-state index < -0.39 is 0 Å². The van der Waals surface area contributed by atoms with Gasteiger partial charge >= 0.3 is 0 Å². The summed E-state index contributed by atoms with van der Waals surface area (Å²) in [5.41, 5.74) is 9.69. The Kier molecular flexibility index (Phi) is 3.54. The van der Waals surface area contributed by atoms with Crippen molar-refractivity contribution in [3.8, 4) is 0 Å². The second-order valence-corrected chi connectivity index (χ2v) is 5.18. The van der Waals surface area contributed by atoms with Crippen molar-refractivity contribution in [3.63, 3.8) is 0 Å². The van der Waals surface area contributed by atoms with Crippen LogP contribution in [0.4, 0.5) is 0 Å². The molecule has 2 N–H and O–H groups in total. The van der Waals surface area contributed by atoms with E-state index in [-0.39, 0.29) is 5.84 Å². The highest BCUT2D eigenvalue weighted by Crippen LogP contribution is 2.22. The largest absolute Gasteiger partial charge is 0.343 e. The number of nitrogens with zero attached hydrogens (tertiary/aromatic N) is 2. The van der Waals surface area contributed by atoms with Crippen molar-refractivity contribution in [2.45, 2.75) is 6.54 Å². The molecule has 0 spiro atoms. The third-order valence-electron chi connectivity index (χ3n) is 3.45. The number of aromatic nitrogens is 1. The van der Waals surface area contributed by atoms with Crippen molar-refractivity contribution in [1.29, 1.82) is 10.9 Å². The molecule has 1 heterocycles. The Hall–Kier alpha value is -2.46. The van der Waals surface area contributed by atoms with Crippen LogP contribution in [0.25, 0.3) is 10.9 Å². The number of nitrogens with one attached hydrogen (secondary N) is 2. The fraction of sp³-hybridized carbons (Fsp3) is 0.0625. The van der Waals surface area contributed by atoms with Crippen LogP contribution in [0.2, 0.25) is 5.02 Å². The quantitative estimate of drug-likeness (QED) is 0.400. The van der Waals surface area contributed by atoms with Crippen LogP contribution in [0.5, 0.6) is 0 Å². The van der Waals surface area contributed by atoms with E-state index in [4.69, 9.17) is 22.5 Å². The molecule has 21 heavy (non-hydrogen) atoms. The molecule has 0 aliphatic rings. The summed E-state index contributed by atoms with van der Waals surface area (Å²) in [7, 11) is 0. The Morgan fingerprint density at radius 1 is 1.14 bits per heavy atom. The van der Waals surface area contributed by atoms with E-state index >= 15 is 0 Å². The zero-order chi connectivity index (χ0) is 14.8. The molecule has 104 valence electrons. The van der Waals surface area contributed by atoms with Crippen molar-refractivity contribution in [1.82, 2.24) is 4.57 Å². The predicted octanol–water partition coefficient (Wildman–Crippen LogP) is 4.70. The molecule has 0 fully saturated rings. The zero-order valence-electron chi connectivity index (χ0n) is 11.2. The Morgan fingerprint density at radius 3 is 2.71 bits per heavy atom. The summed E-state index contributed by atoms with van der Waals surface area (Å²) in [4.78, 5) is 0. The molecule has 3 rings (SSSR count). The van der Waals surface area contributed by atoms with Gasteiger partial charge in [0.15, 0.2) is 5.84 Å². The van der Waals surface area contributed by atoms with Crippen molar-refractivity contribution in [3.05, 3.63) is 70.9 Å². The molecular weight excluding hydrogens is 284 g/mol. The van der Waals surface area contributed by atoms with Crippen LogP contribution >= 0.6 is 11.6 Å². The molecule has 0 aliphatic carbocycles. The molecule has 0 saturated carbocycles. The van der Waals surface area contributed by atoms with Gasteiger partial charge in [-0.3, -0.25) is 5.41 Å². The summed E-state index contributed by atoms with van der Waals surface area (Å²) in [5.74, 6) is -0.0317. The van der Waals surface area contributed by atoms with Gasteiger partial charge in [0.2, 0.25) is 0 Å². The van der Waals surface area contributed by atoms with Crippen molar-refractivity contribution in [2.75, 3.05) is 0 Å². The van der Waals surface area contributed by atoms with Gasteiger partial charge in [0, 0.05) is 34.2 Å². The average molecular weight is 297 g/mol. The highest BCUT2D eigenvalue weighted by molar-refractivity contribution is 6.31. The highest BCUT2D eigenvalue weighted by Gasteiger charge is 2.07. The number of fused-ring (bicyclic) bond motifs is 1. The topological polar surface area (TPSA) is 65.0 Å². The van der Waals surface area contributed by atoms with Gasteiger partial charge in [0.05, 0.1) is 0 Å². The molecule has 2 aromatic carbocycles. The lowest BCUT2D eigenvalue weighted by atomic mass is 10.1. The van der Waals surface area contributed by atoms with Gasteiger partial charge in [0.25, 0.3) is 0 Å². The molecule has 0 amide bonds. The minimum Gasteiger partial charge on any atom is -0.343 e. The third kappa shape index (κ3) is 2.58. The Bertz CT molecular complexity index is 835. The van der Waals surface area contributed by atoms with Crippen LogP contribution in [0.3, 0.4) is 0 Å². The molecule has 0 radical (unpaired) electrons. The number of halogens is 1. The number of amidine groups is 1. The molecule has 3 aromatic rings.